The summed E-state index contributed by atoms with van der Waals surface area (Å²) in [7, 11) is 0. The summed E-state index contributed by atoms with van der Waals surface area (Å²) >= 11 is 0. The first-order valence-electron chi connectivity index (χ1n) is 7.19. The molecule has 0 saturated carbocycles. The summed E-state index contributed by atoms with van der Waals surface area (Å²) < 4.78 is 0. The molecule has 0 aliphatic carbocycles. The van der Waals surface area contributed by atoms with Gasteiger partial charge >= 0.3 is 0 Å². The predicted octanol–water partition coefficient (Wildman–Crippen LogP) is 2.04. The molecule has 0 bridgehead atoms. The molecular formula is C15H23N3O. The van der Waals surface area contributed by atoms with Crippen LogP contribution in [0.25, 0.3) is 0 Å². The number of pyridine rings is 1. The van der Waals surface area contributed by atoms with Gasteiger partial charge in [0.05, 0.1) is 6.04 Å². The van der Waals surface area contributed by atoms with Crippen LogP contribution in [0.2, 0.25) is 0 Å². The van der Waals surface area contributed by atoms with E-state index in [1.165, 1.54) is 6.42 Å². The number of nitrogens with one attached hydrogen (secondary N) is 2. The molecule has 2 atom stereocenters. The molecule has 19 heavy (non-hydrogen) atoms. The molecule has 104 valence electrons. The Kier molecular flexibility index (Phi) is 5.33. The van der Waals surface area contributed by atoms with Gasteiger partial charge in [0.1, 0.15) is 0 Å². The van der Waals surface area contributed by atoms with E-state index in [0.717, 1.165) is 31.5 Å². The molecule has 1 aliphatic rings. The molecule has 1 saturated heterocycles. The largest absolute Gasteiger partial charge is 0.349 e. The lowest BCUT2D eigenvalue weighted by Gasteiger charge is -2.17. The second kappa shape index (κ2) is 7.24. The van der Waals surface area contributed by atoms with E-state index in [-0.39, 0.29) is 11.9 Å². The average molecular weight is 261 g/mol. The highest BCUT2D eigenvalue weighted by Crippen LogP contribution is 2.17. The van der Waals surface area contributed by atoms with Crippen molar-refractivity contribution in [2.75, 3.05) is 13.1 Å². The van der Waals surface area contributed by atoms with E-state index >= 15 is 0 Å². The zero-order valence-electron chi connectivity index (χ0n) is 11.6. The highest BCUT2D eigenvalue weighted by molar-refractivity contribution is 5.76. The van der Waals surface area contributed by atoms with Gasteiger partial charge in [-0.3, -0.25) is 9.78 Å². The van der Waals surface area contributed by atoms with Crippen molar-refractivity contribution in [1.29, 1.82) is 0 Å². The van der Waals surface area contributed by atoms with Crippen LogP contribution in [0, 0.1) is 5.92 Å². The van der Waals surface area contributed by atoms with Crippen molar-refractivity contribution in [3.8, 4) is 0 Å². The highest BCUT2D eigenvalue weighted by atomic mass is 16.1. The lowest BCUT2D eigenvalue weighted by atomic mass is 10.0. The highest BCUT2D eigenvalue weighted by Gasteiger charge is 2.17. The third-order valence-electron chi connectivity index (χ3n) is 3.79. The number of rotatable bonds is 6. The minimum atomic E-state index is 0.109. The SMILES string of the molecule is CCC(NC(=O)CCC1CCNC1)c1ccncc1. The van der Waals surface area contributed by atoms with Gasteiger partial charge in [0.2, 0.25) is 5.91 Å². The lowest BCUT2D eigenvalue weighted by molar-refractivity contribution is -0.122. The number of aromatic nitrogens is 1. The topological polar surface area (TPSA) is 54.0 Å². The Hall–Kier alpha value is -1.42. The fraction of sp³-hybridized carbons (Fsp3) is 0.600. The summed E-state index contributed by atoms with van der Waals surface area (Å²) in [6.45, 7) is 4.25. The van der Waals surface area contributed by atoms with E-state index < -0.39 is 0 Å². The van der Waals surface area contributed by atoms with Crippen LogP contribution in [0.15, 0.2) is 24.5 Å². The summed E-state index contributed by atoms with van der Waals surface area (Å²) in [5, 5.41) is 6.46. The van der Waals surface area contributed by atoms with E-state index in [2.05, 4.69) is 22.5 Å². The molecule has 0 spiro atoms. The normalized spacial score (nSPS) is 20.2. The third-order valence-corrected chi connectivity index (χ3v) is 3.79. The van der Waals surface area contributed by atoms with Gasteiger partial charge in [0.25, 0.3) is 0 Å². The standard InChI is InChI=1S/C15H23N3O/c1-2-14(13-6-9-16-10-7-13)18-15(19)4-3-12-5-8-17-11-12/h6-7,9-10,12,14,17H,2-5,8,11H2,1H3,(H,18,19). The van der Waals surface area contributed by atoms with Crippen LogP contribution in [0.5, 0.6) is 0 Å². The monoisotopic (exact) mass is 261 g/mol. The average Bonchev–Trinajstić information content (AvgIpc) is 2.97. The lowest BCUT2D eigenvalue weighted by Crippen LogP contribution is -2.28. The number of carbonyl (C=O) groups is 1. The molecule has 2 rings (SSSR count). The summed E-state index contributed by atoms with van der Waals surface area (Å²) in [4.78, 5) is 16.0. The molecule has 1 fully saturated rings. The summed E-state index contributed by atoms with van der Waals surface area (Å²) in [6.07, 6.45) is 7.28. The molecule has 1 aromatic heterocycles. The molecular weight excluding hydrogens is 238 g/mol. The molecule has 0 radical (unpaired) electrons. The molecule has 4 nitrogen and oxygen atoms in total. The van der Waals surface area contributed by atoms with Gasteiger partial charge in [-0.1, -0.05) is 6.92 Å². The first kappa shape index (κ1) is 14.0. The van der Waals surface area contributed by atoms with Crippen molar-refractivity contribution < 1.29 is 4.79 Å². The van der Waals surface area contributed by atoms with Crippen molar-refractivity contribution in [2.24, 2.45) is 5.92 Å². The Morgan fingerprint density at radius 1 is 1.53 bits per heavy atom. The van der Waals surface area contributed by atoms with Crippen LogP contribution in [-0.4, -0.2) is 24.0 Å². The second-order valence-corrected chi connectivity index (χ2v) is 5.21. The first-order chi connectivity index (χ1) is 9.29. The molecule has 2 unspecified atom stereocenters. The zero-order valence-corrected chi connectivity index (χ0v) is 11.6. The Bertz CT molecular complexity index is 388. The molecule has 1 amide bonds. The molecule has 2 N–H and O–H groups in total. The zero-order chi connectivity index (χ0) is 13.5. The first-order valence-corrected chi connectivity index (χ1v) is 7.19. The minimum absolute atomic E-state index is 0.109. The Balaban J connectivity index is 1.79. The van der Waals surface area contributed by atoms with E-state index in [1.807, 2.05) is 12.1 Å². The van der Waals surface area contributed by atoms with Crippen LogP contribution in [-0.2, 0) is 4.79 Å². The molecule has 0 aromatic carbocycles. The molecule has 1 aromatic rings. The quantitative estimate of drug-likeness (QED) is 0.824. The van der Waals surface area contributed by atoms with Crippen LogP contribution in [0.4, 0.5) is 0 Å². The fourth-order valence-corrected chi connectivity index (χ4v) is 2.58. The van der Waals surface area contributed by atoms with E-state index in [0.29, 0.717) is 12.3 Å². The van der Waals surface area contributed by atoms with Crippen molar-refractivity contribution >= 4 is 5.91 Å². The van der Waals surface area contributed by atoms with Crippen LogP contribution in [0.1, 0.15) is 44.2 Å². The summed E-state index contributed by atoms with van der Waals surface area (Å²) in [5.41, 5.74) is 1.13. The van der Waals surface area contributed by atoms with E-state index in [1.54, 1.807) is 12.4 Å². The number of amides is 1. The van der Waals surface area contributed by atoms with Gasteiger partial charge in [0.15, 0.2) is 0 Å². The van der Waals surface area contributed by atoms with Gasteiger partial charge in [0, 0.05) is 18.8 Å². The van der Waals surface area contributed by atoms with Gasteiger partial charge < -0.3 is 10.6 Å². The predicted molar refractivity (Wildman–Crippen MR) is 75.6 cm³/mol. The number of hydrogen-bond donors (Lipinski definition) is 2. The van der Waals surface area contributed by atoms with Gasteiger partial charge in [-0.05, 0) is 56.0 Å². The van der Waals surface area contributed by atoms with E-state index in [4.69, 9.17) is 0 Å². The number of carbonyl (C=O) groups excluding carboxylic acids is 1. The van der Waals surface area contributed by atoms with Crippen LogP contribution < -0.4 is 10.6 Å². The summed E-state index contributed by atoms with van der Waals surface area (Å²) in [6, 6.07) is 4.04. The maximum Gasteiger partial charge on any atom is 0.220 e. The van der Waals surface area contributed by atoms with Crippen molar-refractivity contribution in [3.63, 3.8) is 0 Å². The fourth-order valence-electron chi connectivity index (χ4n) is 2.58. The maximum atomic E-state index is 12.0. The Morgan fingerprint density at radius 3 is 2.95 bits per heavy atom. The van der Waals surface area contributed by atoms with Crippen molar-refractivity contribution in [1.82, 2.24) is 15.6 Å². The van der Waals surface area contributed by atoms with Gasteiger partial charge in [-0.25, -0.2) is 0 Å². The van der Waals surface area contributed by atoms with Crippen LogP contribution in [0.3, 0.4) is 0 Å². The van der Waals surface area contributed by atoms with Crippen molar-refractivity contribution in [2.45, 2.75) is 38.6 Å². The molecule has 2 heterocycles. The van der Waals surface area contributed by atoms with Crippen LogP contribution >= 0.6 is 0 Å². The number of hydrogen-bond acceptors (Lipinski definition) is 3. The van der Waals surface area contributed by atoms with E-state index in [9.17, 15) is 4.79 Å². The molecule has 1 aliphatic heterocycles. The minimum Gasteiger partial charge on any atom is -0.349 e. The Labute approximate surface area is 115 Å². The number of nitrogens with zero attached hydrogens (tertiary/aromatic N) is 1. The van der Waals surface area contributed by atoms with Gasteiger partial charge in [-0.15, -0.1) is 0 Å². The Morgan fingerprint density at radius 2 is 2.32 bits per heavy atom. The van der Waals surface area contributed by atoms with Gasteiger partial charge in [-0.2, -0.15) is 0 Å². The second-order valence-electron chi connectivity index (χ2n) is 5.21. The smallest absolute Gasteiger partial charge is 0.220 e. The third kappa shape index (κ3) is 4.31. The molecule has 4 heteroatoms. The summed E-state index contributed by atoms with van der Waals surface area (Å²) in [5.74, 6) is 0.835. The van der Waals surface area contributed by atoms with Crippen molar-refractivity contribution in [3.05, 3.63) is 30.1 Å². The maximum absolute atomic E-state index is 12.0.